The van der Waals surface area contributed by atoms with E-state index in [0.29, 0.717) is 24.7 Å². The predicted molar refractivity (Wildman–Crippen MR) is 86.6 cm³/mol. The highest BCUT2D eigenvalue weighted by Crippen LogP contribution is 2.09. The van der Waals surface area contributed by atoms with Crippen molar-refractivity contribution in [3.8, 4) is 0 Å². The van der Waals surface area contributed by atoms with Crippen LogP contribution in [0, 0.1) is 0 Å². The first-order chi connectivity index (χ1) is 10.5. The molecule has 8 heteroatoms. The Morgan fingerprint density at radius 1 is 0.773 bits per heavy atom. The first kappa shape index (κ1) is 20.7. The number of esters is 2. The summed E-state index contributed by atoms with van der Waals surface area (Å²) in [5, 5.41) is -0.604. The van der Waals surface area contributed by atoms with Crippen LogP contribution in [0.2, 0.25) is 0 Å². The molecule has 0 aromatic rings. The Balaban J connectivity index is 3.80. The maximum atomic E-state index is 11.4. The molecule has 0 unspecified atom stereocenters. The molecule has 0 rings (SSSR count). The van der Waals surface area contributed by atoms with Crippen LogP contribution in [0.1, 0.15) is 26.7 Å². The van der Waals surface area contributed by atoms with E-state index in [2.05, 4.69) is 0 Å². The van der Waals surface area contributed by atoms with Crippen LogP contribution < -0.4 is 0 Å². The Hall–Kier alpha value is -1.28. The Labute approximate surface area is 138 Å². The topological polar surface area (TPSA) is 86.7 Å². The van der Waals surface area contributed by atoms with E-state index in [4.69, 9.17) is 9.47 Å². The zero-order valence-corrected chi connectivity index (χ0v) is 14.3. The Morgan fingerprint density at radius 3 is 1.45 bits per heavy atom. The molecule has 0 saturated carbocycles. The second-order valence-corrected chi connectivity index (χ2v) is 5.98. The minimum atomic E-state index is -0.350. The fraction of sp³-hybridized carbons (Fsp3) is 0.571. The molecule has 124 valence electrons. The fourth-order valence-electron chi connectivity index (χ4n) is 1.17. The van der Waals surface area contributed by atoms with Crippen LogP contribution in [-0.4, -0.2) is 46.9 Å². The normalized spacial score (nSPS) is 10.5. The van der Waals surface area contributed by atoms with Crippen LogP contribution in [0.15, 0.2) is 12.2 Å². The van der Waals surface area contributed by atoms with E-state index in [0.717, 1.165) is 35.7 Å². The Morgan fingerprint density at radius 2 is 1.14 bits per heavy atom. The first-order valence-electron chi connectivity index (χ1n) is 6.82. The minimum Gasteiger partial charge on any atom is -0.466 e. The highest BCUT2D eigenvalue weighted by molar-refractivity contribution is 8.14. The average molecular weight is 348 g/mol. The molecule has 0 spiro atoms. The molecule has 0 radical (unpaired) electrons. The van der Waals surface area contributed by atoms with Crippen LogP contribution >= 0.6 is 23.5 Å². The molecule has 6 nitrogen and oxygen atoms in total. The molecule has 22 heavy (non-hydrogen) atoms. The van der Waals surface area contributed by atoms with Gasteiger partial charge in [0.05, 0.1) is 26.1 Å². The fourth-order valence-corrected chi connectivity index (χ4v) is 2.44. The van der Waals surface area contributed by atoms with Gasteiger partial charge in [-0.3, -0.25) is 19.2 Å². The molecule has 0 N–H and O–H groups in total. The molecule has 0 aliphatic rings. The number of ether oxygens (including phenoxy) is 2. The van der Waals surface area contributed by atoms with E-state index < -0.39 is 0 Å². The van der Waals surface area contributed by atoms with Crippen LogP contribution in [-0.2, 0) is 28.7 Å². The monoisotopic (exact) mass is 348 g/mol. The number of rotatable bonds is 10. The van der Waals surface area contributed by atoms with E-state index >= 15 is 0 Å². The quantitative estimate of drug-likeness (QED) is 0.437. The summed E-state index contributed by atoms with van der Waals surface area (Å²) in [7, 11) is 0. The lowest BCUT2D eigenvalue weighted by molar-refractivity contribution is -0.143. The smallest absolute Gasteiger partial charge is 0.306 e. The van der Waals surface area contributed by atoms with Gasteiger partial charge in [-0.15, -0.1) is 0 Å². The molecule has 0 aliphatic carbocycles. The third kappa shape index (κ3) is 12.5. The van der Waals surface area contributed by atoms with Gasteiger partial charge >= 0.3 is 11.9 Å². The molecular formula is C14H20O6S2. The van der Waals surface area contributed by atoms with Gasteiger partial charge in [0, 0.05) is 11.5 Å². The van der Waals surface area contributed by atoms with E-state index in [1.54, 1.807) is 13.8 Å². The number of hydrogen-bond acceptors (Lipinski definition) is 8. The van der Waals surface area contributed by atoms with Crippen molar-refractivity contribution < 1.29 is 28.7 Å². The number of carbonyl (C=O) groups excluding carboxylic acids is 4. The van der Waals surface area contributed by atoms with Crippen molar-refractivity contribution in [2.45, 2.75) is 26.7 Å². The zero-order chi connectivity index (χ0) is 16.8. The number of hydrogen-bond donors (Lipinski definition) is 0. The third-order valence-corrected chi connectivity index (χ3v) is 3.72. The van der Waals surface area contributed by atoms with Crippen molar-refractivity contribution in [3.63, 3.8) is 0 Å². The molecule has 0 atom stereocenters. The lowest BCUT2D eigenvalue weighted by Crippen LogP contribution is -2.06. The van der Waals surface area contributed by atoms with Gasteiger partial charge in [0.25, 0.3) is 0 Å². The molecule has 0 fully saturated rings. The SMILES string of the molecule is CCOC(=O)CCSC(=O)/C=C/C(=O)SCCC(=O)OCC. The van der Waals surface area contributed by atoms with Gasteiger partial charge < -0.3 is 9.47 Å². The van der Waals surface area contributed by atoms with Gasteiger partial charge in [-0.2, -0.15) is 0 Å². The summed E-state index contributed by atoms with van der Waals surface area (Å²) in [4.78, 5) is 45.0. The van der Waals surface area contributed by atoms with Gasteiger partial charge in [-0.05, 0) is 26.0 Å². The van der Waals surface area contributed by atoms with Crippen LogP contribution in [0.25, 0.3) is 0 Å². The van der Waals surface area contributed by atoms with Crippen molar-refractivity contribution in [1.29, 1.82) is 0 Å². The molecule has 0 aromatic heterocycles. The predicted octanol–water partition coefficient (Wildman–Crippen LogP) is 1.97. The summed E-state index contributed by atoms with van der Waals surface area (Å²) >= 11 is 1.89. The lowest BCUT2D eigenvalue weighted by atomic mass is 10.5. The van der Waals surface area contributed by atoms with Gasteiger partial charge in [0.15, 0.2) is 0 Å². The summed E-state index contributed by atoms with van der Waals surface area (Å²) < 4.78 is 9.45. The standard InChI is InChI=1S/C14H20O6S2/c1-3-19-11(15)7-9-21-13(17)5-6-14(18)22-10-8-12(16)20-4-2/h5-6H,3-4,7-10H2,1-2H3/b6-5+. The lowest BCUT2D eigenvalue weighted by Gasteiger charge is -2.00. The third-order valence-electron chi connectivity index (χ3n) is 2.07. The van der Waals surface area contributed by atoms with Crippen molar-refractivity contribution in [3.05, 3.63) is 12.2 Å². The van der Waals surface area contributed by atoms with Crippen molar-refractivity contribution in [2.75, 3.05) is 24.7 Å². The molecular weight excluding hydrogens is 328 g/mol. The minimum absolute atomic E-state index is 0.153. The summed E-state index contributed by atoms with van der Waals surface area (Å²) in [5.41, 5.74) is 0. The Kier molecular flexibility index (Phi) is 12.6. The van der Waals surface area contributed by atoms with Crippen LogP contribution in [0.3, 0.4) is 0 Å². The van der Waals surface area contributed by atoms with Crippen molar-refractivity contribution in [1.82, 2.24) is 0 Å². The summed E-state index contributed by atoms with van der Waals surface area (Å²) in [5.74, 6) is -0.0759. The van der Waals surface area contributed by atoms with Gasteiger partial charge in [-0.1, -0.05) is 23.5 Å². The van der Waals surface area contributed by atoms with E-state index in [-0.39, 0.29) is 35.0 Å². The van der Waals surface area contributed by atoms with Crippen molar-refractivity contribution >= 4 is 45.7 Å². The van der Waals surface area contributed by atoms with Gasteiger partial charge in [-0.25, -0.2) is 0 Å². The summed E-state index contributed by atoms with van der Waals surface area (Å²) in [6.45, 7) is 4.05. The molecule has 0 saturated heterocycles. The second kappa shape index (κ2) is 13.4. The van der Waals surface area contributed by atoms with Crippen molar-refractivity contribution in [2.24, 2.45) is 0 Å². The first-order valence-corrected chi connectivity index (χ1v) is 8.79. The van der Waals surface area contributed by atoms with Crippen LogP contribution in [0.4, 0.5) is 0 Å². The zero-order valence-electron chi connectivity index (χ0n) is 12.7. The summed E-state index contributed by atoms with van der Waals surface area (Å²) in [6, 6.07) is 0. The second-order valence-electron chi connectivity index (χ2n) is 3.78. The van der Waals surface area contributed by atoms with E-state index in [9.17, 15) is 19.2 Å². The van der Waals surface area contributed by atoms with Gasteiger partial charge in [0.2, 0.25) is 10.2 Å². The molecule has 0 aromatic carbocycles. The van der Waals surface area contributed by atoms with E-state index in [1.807, 2.05) is 0 Å². The maximum Gasteiger partial charge on any atom is 0.306 e. The van der Waals surface area contributed by atoms with Crippen LogP contribution in [0.5, 0.6) is 0 Å². The largest absolute Gasteiger partial charge is 0.466 e. The average Bonchev–Trinajstić information content (AvgIpc) is 2.45. The Bertz CT molecular complexity index is 382. The van der Waals surface area contributed by atoms with E-state index in [1.165, 1.54) is 0 Å². The molecule has 0 aliphatic heterocycles. The molecule has 0 bridgehead atoms. The number of carbonyl (C=O) groups is 4. The highest BCUT2D eigenvalue weighted by atomic mass is 32.2. The highest BCUT2D eigenvalue weighted by Gasteiger charge is 2.06. The van der Waals surface area contributed by atoms with Gasteiger partial charge in [0.1, 0.15) is 0 Å². The number of thioether (sulfide) groups is 2. The molecule has 0 heterocycles. The summed E-state index contributed by atoms with van der Waals surface area (Å²) in [6.07, 6.45) is 2.63. The maximum absolute atomic E-state index is 11.4. The molecule has 0 amide bonds.